The third-order valence-corrected chi connectivity index (χ3v) is 8.14. The van der Waals surface area contributed by atoms with E-state index in [1.54, 1.807) is 19.2 Å². The maximum Gasteiger partial charge on any atom is 0.410 e. The van der Waals surface area contributed by atoms with Crippen molar-refractivity contribution < 1.29 is 27.1 Å². The van der Waals surface area contributed by atoms with Crippen molar-refractivity contribution in [1.29, 1.82) is 0 Å². The lowest BCUT2D eigenvalue weighted by Crippen LogP contribution is -2.42. The van der Waals surface area contributed by atoms with E-state index < -0.39 is 27.4 Å². The van der Waals surface area contributed by atoms with Crippen LogP contribution in [0.1, 0.15) is 25.8 Å². The molecule has 8 nitrogen and oxygen atoms in total. The van der Waals surface area contributed by atoms with Gasteiger partial charge in [-0.15, -0.1) is 11.3 Å². The van der Waals surface area contributed by atoms with Crippen LogP contribution in [0.15, 0.2) is 51.7 Å². The van der Waals surface area contributed by atoms with Crippen LogP contribution in [0.3, 0.4) is 0 Å². The maximum absolute atomic E-state index is 14.5. The highest BCUT2D eigenvalue weighted by Gasteiger charge is 2.30. The lowest BCUT2D eigenvalue weighted by molar-refractivity contribution is 0.0759. The van der Waals surface area contributed by atoms with Gasteiger partial charge in [-0.25, -0.2) is 23.2 Å². The Bertz CT molecular complexity index is 1270. The summed E-state index contributed by atoms with van der Waals surface area (Å²) in [4.78, 5) is 21.6. The Hall–Kier alpha value is -3.05. The van der Waals surface area contributed by atoms with Crippen LogP contribution in [0.25, 0.3) is 11.3 Å². The largest absolute Gasteiger partial charge is 0.497 e. The molecule has 11 heteroatoms. The predicted octanol–water partition coefficient (Wildman–Crippen LogP) is 4.55. The van der Waals surface area contributed by atoms with E-state index >= 15 is 0 Å². The van der Waals surface area contributed by atoms with Crippen molar-refractivity contribution in [3.05, 3.63) is 53.6 Å². The minimum absolute atomic E-state index is 0.0351. The third-order valence-electron chi connectivity index (χ3n) is 4.85. The van der Waals surface area contributed by atoms with Crippen molar-refractivity contribution in [3.8, 4) is 17.0 Å². The number of ether oxygens (including phenoxy) is 2. The van der Waals surface area contributed by atoms with Gasteiger partial charge in [0.15, 0.2) is 4.21 Å². The SMILES string of the molecule is COc1cccc(S(=O)(=O)c2sc(COC(=O)N(C)C(C)(C)C)nc2-c2cccnc2F)c1. The summed E-state index contributed by atoms with van der Waals surface area (Å²) in [6.45, 7) is 5.27. The van der Waals surface area contributed by atoms with E-state index in [0.29, 0.717) is 5.75 Å². The number of halogens is 1. The van der Waals surface area contributed by atoms with Gasteiger partial charge in [0.05, 0.1) is 17.6 Å². The summed E-state index contributed by atoms with van der Waals surface area (Å²) in [7, 11) is -1.07. The molecule has 33 heavy (non-hydrogen) atoms. The van der Waals surface area contributed by atoms with E-state index in [0.717, 1.165) is 11.3 Å². The van der Waals surface area contributed by atoms with Crippen LogP contribution in [-0.4, -0.2) is 49.1 Å². The number of carbonyl (C=O) groups is 1. The van der Waals surface area contributed by atoms with Gasteiger partial charge < -0.3 is 14.4 Å². The van der Waals surface area contributed by atoms with Gasteiger partial charge in [-0.05, 0) is 51.1 Å². The average molecular weight is 494 g/mol. The number of thiazole rings is 1. The highest BCUT2D eigenvalue weighted by molar-refractivity contribution is 7.93. The monoisotopic (exact) mass is 493 g/mol. The van der Waals surface area contributed by atoms with Gasteiger partial charge in [-0.2, -0.15) is 4.39 Å². The predicted molar refractivity (Wildman–Crippen MR) is 121 cm³/mol. The highest BCUT2D eigenvalue weighted by atomic mass is 32.2. The zero-order valence-corrected chi connectivity index (χ0v) is 20.5. The highest BCUT2D eigenvalue weighted by Crippen LogP contribution is 2.37. The average Bonchev–Trinajstić information content (AvgIpc) is 3.21. The summed E-state index contributed by atoms with van der Waals surface area (Å²) in [6.07, 6.45) is 0.663. The molecule has 0 fully saturated rings. The summed E-state index contributed by atoms with van der Waals surface area (Å²) < 4.78 is 51.6. The number of carbonyl (C=O) groups excluding carboxylic acids is 1. The minimum atomic E-state index is -4.09. The van der Waals surface area contributed by atoms with Crippen molar-refractivity contribution in [2.24, 2.45) is 0 Å². The first-order valence-electron chi connectivity index (χ1n) is 9.85. The molecule has 0 unspecified atom stereocenters. The van der Waals surface area contributed by atoms with Crippen LogP contribution in [0.5, 0.6) is 5.75 Å². The molecule has 0 N–H and O–H groups in total. The van der Waals surface area contributed by atoms with Crippen molar-refractivity contribution in [1.82, 2.24) is 14.9 Å². The first kappa shape index (κ1) is 24.6. The van der Waals surface area contributed by atoms with Gasteiger partial charge in [0.1, 0.15) is 23.1 Å². The number of hydrogen-bond donors (Lipinski definition) is 0. The van der Waals surface area contributed by atoms with Gasteiger partial charge in [0.2, 0.25) is 15.8 Å². The maximum atomic E-state index is 14.5. The summed E-state index contributed by atoms with van der Waals surface area (Å²) in [6, 6.07) is 8.82. The fraction of sp³-hybridized carbons (Fsp3) is 0.318. The van der Waals surface area contributed by atoms with Crippen molar-refractivity contribution in [3.63, 3.8) is 0 Å². The molecular weight excluding hydrogens is 469 g/mol. The lowest BCUT2D eigenvalue weighted by atomic mass is 10.1. The number of amides is 1. The molecule has 0 atom stereocenters. The molecule has 1 amide bonds. The quantitative estimate of drug-likeness (QED) is 0.465. The molecule has 0 saturated heterocycles. The normalized spacial score (nSPS) is 11.8. The van der Waals surface area contributed by atoms with Crippen molar-refractivity contribution in [2.75, 3.05) is 14.2 Å². The van der Waals surface area contributed by atoms with Crippen LogP contribution < -0.4 is 4.74 Å². The Morgan fingerprint density at radius 3 is 2.58 bits per heavy atom. The number of sulfone groups is 1. The molecule has 1 aromatic carbocycles. The molecule has 0 radical (unpaired) electrons. The Morgan fingerprint density at radius 1 is 1.21 bits per heavy atom. The van der Waals surface area contributed by atoms with Gasteiger partial charge in [-0.3, -0.25) is 0 Å². The second-order valence-electron chi connectivity index (χ2n) is 8.05. The molecule has 3 aromatic rings. The molecule has 0 bridgehead atoms. The summed E-state index contributed by atoms with van der Waals surface area (Å²) in [5.41, 5.74) is -0.631. The number of hydrogen-bond acceptors (Lipinski definition) is 8. The molecule has 2 aromatic heterocycles. The first-order valence-corrected chi connectivity index (χ1v) is 12.2. The van der Waals surface area contributed by atoms with Crippen molar-refractivity contribution >= 4 is 27.3 Å². The second kappa shape index (κ2) is 9.44. The summed E-state index contributed by atoms with van der Waals surface area (Å²) in [5, 5.41) is 0.199. The Kier molecular flexibility index (Phi) is 7.03. The molecule has 2 heterocycles. The zero-order valence-electron chi connectivity index (χ0n) is 18.8. The van der Waals surface area contributed by atoms with Gasteiger partial charge in [-0.1, -0.05) is 6.07 Å². The minimum Gasteiger partial charge on any atom is -0.497 e. The number of aromatic nitrogens is 2. The molecule has 0 saturated carbocycles. The molecule has 176 valence electrons. The third kappa shape index (κ3) is 5.31. The molecule has 0 aliphatic heterocycles. The Labute approximate surface area is 195 Å². The first-order chi connectivity index (χ1) is 15.4. The van der Waals surface area contributed by atoms with E-state index in [-0.39, 0.29) is 32.0 Å². The molecule has 0 aliphatic carbocycles. The van der Waals surface area contributed by atoms with E-state index in [4.69, 9.17) is 9.47 Å². The van der Waals surface area contributed by atoms with Crippen LogP contribution in [0.2, 0.25) is 0 Å². The Balaban J connectivity index is 2.04. The zero-order chi connectivity index (χ0) is 24.4. The fourth-order valence-corrected chi connectivity index (χ4v) is 5.59. The van der Waals surface area contributed by atoms with E-state index in [1.807, 2.05) is 20.8 Å². The number of pyridine rings is 1. The second-order valence-corrected chi connectivity index (χ2v) is 11.3. The smallest absolute Gasteiger partial charge is 0.410 e. The Morgan fingerprint density at radius 2 is 1.94 bits per heavy atom. The fourth-order valence-electron chi connectivity index (χ4n) is 2.69. The number of rotatable bonds is 6. The lowest BCUT2D eigenvalue weighted by Gasteiger charge is -2.30. The van der Waals surface area contributed by atoms with Crippen LogP contribution in [0.4, 0.5) is 9.18 Å². The van der Waals surface area contributed by atoms with E-state index in [2.05, 4.69) is 9.97 Å². The summed E-state index contributed by atoms with van der Waals surface area (Å²) in [5.74, 6) is -0.505. The summed E-state index contributed by atoms with van der Waals surface area (Å²) >= 11 is 0.809. The van der Waals surface area contributed by atoms with Crippen LogP contribution in [-0.2, 0) is 21.2 Å². The molecular formula is C22H24FN3O5S2. The van der Waals surface area contributed by atoms with E-state index in [9.17, 15) is 17.6 Å². The van der Waals surface area contributed by atoms with Crippen LogP contribution in [0, 0.1) is 5.95 Å². The topological polar surface area (TPSA) is 98.7 Å². The number of methoxy groups -OCH3 is 1. The van der Waals surface area contributed by atoms with Crippen molar-refractivity contribution in [2.45, 2.75) is 42.0 Å². The van der Waals surface area contributed by atoms with E-state index in [1.165, 1.54) is 42.5 Å². The molecule has 3 rings (SSSR count). The standard InChI is InChI=1S/C22H24FN3O5S2/c1-22(2,3)26(4)21(27)31-13-17-25-18(16-10-7-11-24-19(16)23)20(32-17)33(28,29)15-9-6-8-14(12-15)30-5/h6-12H,13H2,1-5H3. The van der Waals surface area contributed by atoms with Crippen LogP contribution >= 0.6 is 11.3 Å². The molecule has 0 spiro atoms. The van der Waals surface area contributed by atoms with Gasteiger partial charge >= 0.3 is 6.09 Å². The number of nitrogens with zero attached hydrogens (tertiary/aromatic N) is 3. The van der Waals surface area contributed by atoms with Gasteiger partial charge in [0, 0.05) is 18.8 Å². The number of benzene rings is 1. The molecule has 0 aliphatic rings. The van der Waals surface area contributed by atoms with Gasteiger partial charge in [0.25, 0.3) is 0 Å².